The Bertz CT molecular complexity index is 699. The van der Waals surface area contributed by atoms with E-state index in [1.54, 1.807) is 18.5 Å². The minimum atomic E-state index is -3.16. The summed E-state index contributed by atoms with van der Waals surface area (Å²) in [5.41, 5.74) is 0.969. The summed E-state index contributed by atoms with van der Waals surface area (Å²) in [4.78, 5) is 6.67. The zero-order valence-electron chi connectivity index (χ0n) is 11.5. The first-order valence-electron chi connectivity index (χ1n) is 6.47. The van der Waals surface area contributed by atoms with Crippen molar-refractivity contribution < 1.29 is 13.2 Å². The standard InChI is InChI=1S/C13H15N3O3S2/c1-21(17,18)11-4-2-10(3-5-11)12-8-16(6-7-19-12)13-14-9-15-20-13/h2-5,9,12H,6-8H2,1H3. The highest BCUT2D eigenvalue weighted by molar-refractivity contribution is 7.90. The van der Waals surface area contributed by atoms with E-state index in [-0.39, 0.29) is 6.10 Å². The highest BCUT2D eigenvalue weighted by Crippen LogP contribution is 2.27. The highest BCUT2D eigenvalue weighted by atomic mass is 32.2. The second-order valence-corrected chi connectivity index (χ2v) is 7.64. The lowest BCUT2D eigenvalue weighted by molar-refractivity contribution is 0.0397. The van der Waals surface area contributed by atoms with E-state index in [9.17, 15) is 8.42 Å². The topological polar surface area (TPSA) is 72.4 Å². The molecule has 1 unspecified atom stereocenters. The zero-order chi connectivity index (χ0) is 14.9. The molecule has 0 bridgehead atoms. The average molecular weight is 325 g/mol. The summed E-state index contributed by atoms with van der Waals surface area (Å²) in [6.45, 7) is 2.08. The van der Waals surface area contributed by atoms with Gasteiger partial charge < -0.3 is 9.64 Å². The Labute approximate surface area is 127 Å². The molecule has 3 rings (SSSR count). The maximum Gasteiger partial charge on any atom is 0.205 e. The van der Waals surface area contributed by atoms with Gasteiger partial charge in [0.25, 0.3) is 0 Å². The van der Waals surface area contributed by atoms with E-state index < -0.39 is 9.84 Å². The molecule has 1 aromatic carbocycles. The third-order valence-corrected chi connectivity index (χ3v) is 5.22. The second kappa shape index (κ2) is 5.70. The highest BCUT2D eigenvalue weighted by Gasteiger charge is 2.24. The zero-order valence-corrected chi connectivity index (χ0v) is 13.1. The van der Waals surface area contributed by atoms with Crippen molar-refractivity contribution in [1.82, 2.24) is 9.36 Å². The fourth-order valence-electron chi connectivity index (χ4n) is 2.26. The molecule has 1 atom stereocenters. The molecule has 0 saturated carbocycles. The lowest BCUT2D eigenvalue weighted by atomic mass is 10.1. The number of rotatable bonds is 3. The van der Waals surface area contributed by atoms with Gasteiger partial charge in [-0.1, -0.05) is 12.1 Å². The molecule has 2 heterocycles. The molecular formula is C13H15N3O3S2. The fraction of sp³-hybridized carbons (Fsp3) is 0.385. The molecular weight excluding hydrogens is 310 g/mol. The molecule has 112 valence electrons. The molecule has 0 amide bonds. The molecule has 8 heteroatoms. The van der Waals surface area contributed by atoms with E-state index in [4.69, 9.17) is 4.74 Å². The molecule has 1 aromatic heterocycles. The van der Waals surface area contributed by atoms with Crippen molar-refractivity contribution in [3.63, 3.8) is 0 Å². The second-order valence-electron chi connectivity index (χ2n) is 4.87. The molecule has 0 radical (unpaired) electrons. The minimum absolute atomic E-state index is 0.0868. The number of hydrogen-bond acceptors (Lipinski definition) is 7. The van der Waals surface area contributed by atoms with Crippen LogP contribution < -0.4 is 4.90 Å². The van der Waals surface area contributed by atoms with Crippen LogP contribution in [0.5, 0.6) is 0 Å². The maximum absolute atomic E-state index is 11.5. The first-order valence-corrected chi connectivity index (χ1v) is 9.14. The largest absolute Gasteiger partial charge is 0.370 e. The molecule has 1 aliphatic rings. The lowest BCUT2D eigenvalue weighted by Crippen LogP contribution is -2.38. The quantitative estimate of drug-likeness (QED) is 0.852. The van der Waals surface area contributed by atoms with Gasteiger partial charge in [-0.05, 0) is 17.7 Å². The number of sulfone groups is 1. The van der Waals surface area contributed by atoms with Crippen LogP contribution in [0.2, 0.25) is 0 Å². The van der Waals surface area contributed by atoms with Crippen LogP contribution in [0, 0.1) is 0 Å². The van der Waals surface area contributed by atoms with E-state index >= 15 is 0 Å². The van der Waals surface area contributed by atoms with Gasteiger partial charge in [-0.2, -0.15) is 4.37 Å². The third kappa shape index (κ3) is 3.22. The van der Waals surface area contributed by atoms with Crippen LogP contribution in [0.15, 0.2) is 35.5 Å². The number of aromatic nitrogens is 2. The van der Waals surface area contributed by atoms with Crippen LogP contribution >= 0.6 is 11.5 Å². The van der Waals surface area contributed by atoms with Crippen LogP contribution in [0.25, 0.3) is 0 Å². The van der Waals surface area contributed by atoms with Crippen molar-refractivity contribution in [2.45, 2.75) is 11.0 Å². The summed E-state index contributed by atoms with van der Waals surface area (Å²) >= 11 is 1.36. The van der Waals surface area contributed by atoms with Gasteiger partial charge in [0, 0.05) is 24.3 Å². The number of benzene rings is 1. The molecule has 21 heavy (non-hydrogen) atoms. The first kappa shape index (κ1) is 14.4. The number of anilines is 1. The van der Waals surface area contributed by atoms with Crippen molar-refractivity contribution in [3.8, 4) is 0 Å². The summed E-state index contributed by atoms with van der Waals surface area (Å²) in [6, 6.07) is 6.87. The van der Waals surface area contributed by atoms with E-state index in [1.165, 1.54) is 17.8 Å². The van der Waals surface area contributed by atoms with Gasteiger partial charge in [0.15, 0.2) is 9.84 Å². The normalized spacial score (nSPS) is 19.7. The van der Waals surface area contributed by atoms with E-state index in [1.807, 2.05) is 12.1 Å². The molecule has 1 aliphatic heterocycles. The van der Waals surface area contributed by atoms with Crippen LogP contribution in [0.3, 0.4) is 0 Å². The Morgan fingerprint density at radius 1 is 1.33 bits per heavy atom. The van der Waals surface area contributed by atoms with Crippen LogP contribution in [0.1, 0.15) is 11.7 Å². The molecule has 6 nitrogen and oxygen atoms in total. The smallest absolute Gasteiger partial charge is 0.205 e. The number of morpholine rings is 1. The third-order valence-electron chi connectivity index (χ3n) is 3.37. The van der Waals surface area contributed by atoms with Crippen molar-refractivity contribution in [2.24, 2.45) is 0 Å². The molecule has 1 fully saturated rings. The SMILES string of the molecule is CS(=O)(=O)c1ccc(C2CN(c3ncns3)CCO2)cc1. The van der Waals surface area contributed by atoms with Gasteiger partial charge in [0.2, 0.25) is 5.13 Å². The number of hydrogen-bond donors (Lipinski definition) is 0. The van der Waals surface area contributed by atoms with Crippen molar-refractivity contribution >= 4 is 26.5 Å². The fourth-order valence-corrected chi connectivity index (χ4v) is 3.46. The van der Waals surface area contributed by atoms with Gasteiger partial charge in [-0.15, -0.1) is 0 Å². The first-order chi connectivity index (χ1) is 10.0. The van der Waals surface area contributed by atoms with Crippen molar-refractivity contribution in [3.05, 3.63) is 36.2 Å². The molecule has 0 N–H and O–H groups in total. The summed E-state index contributed by atoms with van der Waals surface area (Å²) in [5, 5.41) is 0.885. The van der Waals surface area contributed by atoms with E-state index in [0.29, 0.717) is 18.0 Å². The summed E-state index contributed by atoms with van der Waals surface area (Å²) < 4.78 is 32.7. The number of ether oxygens (including phenoxy) is 1. The maximum atomic E-state index is 11.5. The summed E-state index contributed by atoms with van der Waals surface area (Å²) in [5.74, 6) is 0. The predicted molar refractivity (Wildman–Crippen MR) is 80.4 cm³/mol. The van der Waals surface area contributed by atoms with E-state index in [2.05, 4.69) is 14.3 Å². The number of nitrogens with zero attached hydrogens (tertiary/aromatic N) is 3. The van der Waals surface area contributed by atoms with Crippen molar-refractivity contribution in [1.29, 1.82) is 0 Å². The van der Waals surface area contributed by atoms with Gasteiger partial charge in [0.1, 0.15) is 12.4 Å². The summed E-state index contributed by atoms with van der Waals surface area (Å²) in [7, 11) is -3.16. The van der Waals surface area contributed by atoms with Crippen molar-refractivity contribution in [2.75, 3.05) is 30.9 Å². The molecule has 1 saturated heterocycles. The van der Waals surface area contributed by atoms with Gasteiger partial charge in [0.05, 0.1) is 18.0 Å². The Morgan fingerprint density at radius 2 is 2.10 bits per heavy atom. The molecule has 2 aromatic rings. The summed E-state index contributed by atoms with van der Waals surface area (Å²) in [6.07, 6.45) is 2.66. The molecule has 0 aliphatic carbocycles. The van der Waals surface area contributed by atoms with Gasteiger partial charge >= 0.3 is 0 Å². The van der Waals surface area contributed by atoms with Crippen LogP contribution in [0.4, 0.5) is 5.13 Å². The van der Waals surface area contributed by atoms with Gasteiger partial charge in [-0.3, -0.25) is 0 Å². The van der Waals surface area contributed by atoms with Gasteiger partial charge in [-0.25, -0.2) is 13.4 Å². The molecule has 0 spiro atoms. The lowest BCUT2D eigenvalue weighted by Gasteiger charge is -2.32. The Morgan fingerprint density at radius 3 is 2.71 bits per heavy atom. The van der Waals surface area contributed by atoms with Crippen LogP contribution in [-0.4, -0.2) is 43.7 Å². The Balaban J connectivity index is 1.77. The van der Waals surface area contributed by atoms with E-state index in [0.717, 1.165) is 17.2 Å². The predicted octanol–water partition coefficient (Wildman–Crippen LogP) is 1.52. The monoisotopic (exact) mass is 325 g/mol. The minimum Gasteiger partial charge on any atom is -0.370 e. The average Bonchev–Trinajstić information content (AvgIpc) is 3.01. The Kier molecular flexibility index (Phi) is 3.92. The Hall–Kier alpha value is -1.51. The van der Waals surface area contributed by atoms with Crippen LogP contribution in [-0.2, 0) is 14.6 Å².